The van der Waals surface area contributed by atoms with Gasteiger partial charge < -0.3 is 5.32 Å². The predicted molar refractivity (Wildman–Crippen MR) is 59.0 cm³/mol. The van der Waals surface area contributed by atoms with E-state index in [0.717, 1.165) is 12.6 Å². The average Bonchev–Trinajstić information content (AvgIpc) is 2.98. The summed E-state index contributed by atoms with van der Waals surface area (Å²) in [5, 5.41) is 7.84. The molecular formula is C10H13FN2O2S. The van der Waals surface area contributed by atoms with Crippen molar-refractivity contribution >= 4 is 15.7 Å². The summed E-state index contributed by atoms with van der Waals surface area (Å²) in [6.45, 7) is 0.728. The van der Waals surface area contributed by atoms with Crippen molar-refractivity contribution in [3.63, 3.8) is 0 Å². The topological polar surface area (TPSA) is 72.2 Å². The summed E-state index contributed by atoms with van der Waals surface area (Å²) in [5.74, 6) is 0.0319. The van der Waals surface area contributed by atoms with E-state index in [1.807, 2.05) is 0 Å². The first kappa shape index (κ1) is 11.3. The molecule has 88 valence electrons. The summed E-state index contributed by atoms with van der Waals surface area (Å²) in [6.07, 6.45) is 2.34. The van der Waals surface area contributed by atoms with Crippen LogP contribution in [-0.2, 0) is 10.0 Å². The third kappa shape index (κ3) is 2.70. The lowest BCUT2D eigenvalue weighted by Crippen LogP contribution is -2.13. The number of anilines is 1. The molecule has 0 unspecified atom stereocenters. The fraction of sp³-hybridized carbons (Fsp3) is 0.400. The van der Waals surface area contributed by atoms with Gasteiger partial charge in [0.05, 0.1) is 10.6 Å². The number of sulfonamides is 1. The van der Waals surface area contributed by atoms with Crippen molar-refractivity contribution in [1.29, 1.82) is 0 Å². The first-order chi connectivity index (χ1) is 7.47. The molecule has 0 radical (unpaired) electrons. The number of rotatable bonds is 4. The van der Waals surface area contributed by atoms with Crippen LogP contribution in [0, 0.1) is 11.7 Å². The summed E-state index contributed by atoms with van der Waals surface area (Å²) < 4.78 is 35.4. The van der Waals surface area contributed by atoms with Crippen molar-refractivity contribution in [2.24, 2.45) is 11.1 Å². The normalized spacial score (nSPS) is 16.1. The van der Waals surface area contributed by atoms with Crippen LogP contribution in [0.3, 0.4) is 0 Å². The summed E-state index contributed by atoms with van der Waals surface area (Å²) >= 11 is 0. The van der Waals surface area contributed by atoms with Crippen molar-refractivity contribution in [3.05, 3.63) is 24.0 Å². The lowest BCUT2D eigenvalue weighted by molar-refractivity contribution is 0.592. The van der Waals surface area contributed by atoms with E-state index in [1.54, 1.807) is 0 Å². The van der Waals surface area contributed by atoms with Gasteiger partial charge in [0.2, 0.25) is 10.0 Å². The number of benzene rings is 1. The molecule has 0 aromatic heterocycles. The number of halogens is 1. The largest absolute Gasteiger partial charge is 0.382 e. The minimum absolute atomic E-state index is 0.207. The van der Waals surface area contributed by atoms with Gasteiger partial charge in [-0.3, -0.25) is 0 Å². The maximum absolute atomic E-state index is 13.5. The molecular weight excluding hydrogens is 231 g/mol. The van der Waals surface area contributed by atoms with Gasteiger partial charge in [-0.25, -0.2) is 17.9 Å². The second kappa shape index (κ2) is 4.03. The summed E-state index contributed by atoms with van der Waals surface area (Å²) in [7, 11) is -3.83. The van der Waals surface area contributed by atoms with Gasteiger partial charge in [0.25, 0.3) is 0 Å². The third-order valence-corrected chi connectivity index (χ3v) is 3.46. The van der Waals surface area contributed by atoms with E-state index in [9.17, 15) is 12.8 Å². The molecule has 4 nitrogen and oxygen atoms in total. The molecule has 1 aromatic carbocycles. The molecule has 0 spiro atoms. The van der Waals surface area contributed by atoms with Crippen molar-refractivity contribution < 1.29 is 12.8 Å². The lowest BCUT2D eigenvalue weighted by Gasteiger charge is -2.07. The second-order valence-corrected chi connectivity index (χ2v) is 5.57. The Morgan fingerprint density at radius 1 is 1.44 bits per heavy atom. The Balaban J connectivity index is 2.15. The highest BCUT2D eigenvalue weighted by molar-refractivity contribution is 7.89. The van der Waals surface area contributed by atoms with Gasteiger partial charge in [-0.1, -0.05) is 0 Å². The van der Waals surface area contributed by atoms with Crippen LogP contribution in [0.1, 0.15) is 12.8 Å². The standard InChI is InChI=1S/C10H13FN2O2S/c11-9-5-8(16(12,14)15)3-4-10(9)13-6-7-1-2-7/h3-5,7,13H,1-2,6H2,(H2,12,14,15). The van der Waals surface area contributed by atoms with E-state index in [2.05, 4.69) is 5.32 Å². The first-order valence-corrected chi connectivity index (χ1v) is 6.57. The smallest absolute Gasteiger partial charge is 0.238 e. The summed E-state index contributed by atoms with van der Waals surface area (Å²) in [5.41, 5.74) is 0.319. The third-order valence-electron chi connectivity index (χ3n) is 2.55. The minimum atomic E-state index is -3.83. The predicted octanol–water partition coefficient (Wildman–Crippen LogP) is 1.30. The average molecular weight is 244 g/mol. The van der Waals surface area contributed by atoms with Crippen LogP contribution in [-0.4, -0.2) is 15.0 Å². The van der Waals surface area contributed by atoms with E-state index in [0.29, 0.717) is 11.6 Å². The highest BCUT2D eigenvalue weighted by Crippen LogP contribution is 2.29. The van der Waals surface area contributed by atoms with Crippen LogP contribution in [0.5, 0.6) is 0 Å². The molecule has 3 N–H and O–H groups in total. The lowest BCUT2D eigenvalue weighted by atomic mass is 10.3. The van der Waals surface area contributed by atoms with Crippen LogP contribution in [0.25, 0.3) is 0 Å². The molecule has 2 rings (SSSR count). The molecule has 1 saturated carbocycles. The van der Waals surface area contributed by atoms with Crippen LogP contribution in [0.4, 0.5) is 10.1 Å². The van der Waals surface area contributed by atoms with Crippen molar-refractivity contribution in [2.45, 2.75) is 17.7 Å². The summed E-state index contributed by atoms with van der Waals surface area (Å²) in [6, 6.07) is 3.63. The molecule has 16 heavy (non-hydrogen) atoms. The number of nitrogens with two attached hydrogens (primary N) is 1. The zero-order valence-electron chi connectivity index (χ0n) is 8.61. The fourth-order valence-corrected chi connectivity index (χ4v) is 1.92. The zero-order chi connectivity index (χ0) is 11.8. The Bertz CT molecular complexity index is 498. The van der Waals surface area contributed by atoms with E-state index in [-0.39, 0.29) is 4.90 Å². The SMILES string of the molecule is NS(=O)(=O)c1ccc(NCC2CC2)c(F)c1. The maximum atomic E-state index is 13.5. The van der Waals surface area contributed by atoms with Gasteiger partial charge in [-0.05, 0) is 37.0 Å². The Kier molecular flexibility index (Phi) is 2.86. The van der Waals surface area contributed by atoms with Crippen molar-refractivity contribution in [2.75, 3.05) is 11.9 Å². The Labute approximate surface area is 93.7 Å². The highest BCUT2D eigenvalue weighted by Gasteiger charge is 2.21. The quantitative estimate of drug-likeness (QED) is 0.838. The van der Waals surface area contributed by atoms with Gasteiger partial charge in [0, 0.05) is 6.54 Å². The molecule has 0 aliphatic heterocycles. The van der Waals surface area contributed by atoms with E-state index in [1.165, 1.54) is 25.0 Å². The molecule has 0 heterocycles. The van der Waals surface area contributed by atoms with E-state index >= 15 is 0 Å². The van der Waals surface area contributed by atoms with Gasteiger partial charge in [-0.15, -0.1) is 0 Å². The van der Waals surface area contributed by atoms with Gasteiger partial charge >= 0.3 is 0 Å². The number of hydrogen-bond acceptors (Lipinski definition) is 3. The van der Waals surface area contributed by atoms with Crippen LogP contribution in [0.2, 0.25) is 0 Å². The Hall–Kier alpha value is -1.14. The molecule has 0 saturated heterocycles. The first-order valence-electron chi connectivity index (χ1n) is 5.03. The molecule has 0 bridgehead atoms. The van der Waals surface area contributed by atoms with Crippen LogP contribution >= 0.6 is 0 Å². The number of nitrogens with one attached hydrogen (secondary N) is 1. The van der Waals surface area contributed by atoms with Crippen molar-refractivity contribution in [1.82, 2.24) is 0 Å². The molecule has 1 fully saturated rings. The number of primary sulfonamides is 1. The van der Waals surface area contributed by atoms with Gasteiger partial charge in [-0.2, -0.15) is 0 Å². The van der Waals surface area contributed by atoms with Crippen molar-refractivity contribution in [3.8, 4) is 0 Å². The van der Waals surface area contributed by atoms with Gasteiger partial charge in [0.1, 0.15) is 5.82 Å². The molecule has 6 heteroatoms. The molecule has 1 aliphatic rings. The second-order valence-electron chi connectivity index (χ2n) is 4.01. The Morgan fingerprint density at radius 2 is 2.12 bits per heavy atom. The molecule has 0 atom stereocenters. The van der Waals surface area contributed by atoms with Crippen LogP contribution in [0.15, 0.2) is 23.1 Å². The molecule has 0 amide bonds. The molecule has 1 aromatic rings. The monoisotopic (exact) mass is 244 g/mol. The summed E-state index contributed by atoms with van der Waals surface area (Å²) in [4.78, 5) is -0.207. The highest BCUT2D eigenvalue weighted by atomic mass is 32.2. The van der Waals surface area contributed by atoms with Gasteiger partial charge in [0.15, 0.2) is 0 Å². The molecule has 1 aliphatic carbocycles. The fourth-order valence-electron chi connectivity index (χ4n) is 1.39. The van der Waals surface area contributed by atoms with E-state index in [4.69, 9.17) is 5.14 Å². The van der Waals surface area contributed by atoms with Crippen LogP contribution < -0.4 is 10.5 Å². The number of hydrogen-bond donors (Lipinski definition) is 2. The Morgan fingerprint density at radius 3 is 2.62 bits per heavy atom. The van der Waals surface area contributed by atoms with E-state index < -0.39 is 15.8 Å². The maximum Gasteiger partial charge on any atom is 0.238 e. The minimum Gasteiger partial charge on any atom is -0.382 e. The zero-order valence-corrected chi connectivity index (χ0v) is 9.43.